The van der Waals surface area contributed by atoms with Gasteiger partial charge in [-0.05, 0) is 24.5 Å². The van der Waals surface area contributed by atoms with E-state index in [1.807, 2.05) is 13.0 Å². The number of aliphatic hydroxyl groups excluding tert-OH is 2. The van der Waals surface area contributed by atoms with Crippen LogP contribution in [0.2, 0.25) is 0 Å². The third kappa shape index (κ3) is 3.54. The summed E-state index contributed by atoms with van der Waals surface area (Å²) in [7, 11) is 0. The Hall–Kier alpha value is -1.39. The molecule has 0 amide bonds. The number of hydrogen-bond donors (Lipinski definition) is 2. The van der Waals surface area contributed by atoms with Crippen LogP contribution in [0.3, 0.4) is 0 Å². The largest absolute Gasteiger partial charge is 0.464 e. The van der Waals surface area contributed by atoms with Gasteiger partial charge in [0.15, 0.2) is 6.10 Å². The number of carbonyl (C=O) groups is 1. The zero-order valence-electron chi connectivity index (χ0n) is 10.1. The van der Waals surface area contributed by atoms with E-state index in [2.05, 4.69) is 4.74 Å². The van der Waals surface area contributed by atoms with Crippen LogP contribution in [0.25, 0.3) is 0 Å². The van der Waals surface area contributed by atoms with E-state index in [0.29, 0.717) is 5.56 Å². The minimum atomic E-state index is -1.54. The summed E-state index contributed by atoms with van der Waals surface area (Å²) in [5.41, 5.74) is 1.56. The van der Waals surface area contributed by atoms with Crippen LogP contribution in [-0.4, -0.2) is 28.9 Å². The van der Waals surface area contributed by atoms with Crippen molar-refractivity contribution in [1.82, 2.24) is 0 Å². The van der Waals surface area contributed by atoms with E-state index in [1.54, 1.807) is 25.1 Å². The minimum absolute atomic E-state index is 0.178. The third-order valence-corrected chi connectivity index (χ3v) is 2.53. The lowest BCUT2D eigenvalue weighted by Crippen LogP contribution is -2.29. The van der Waals surface area contributed by atoms with E-state index in [0.717, 1.165) is 12.0 Å². The van der Waals surface area contributed by atoms with Crippen LogP contribution in [0.15, 0.2) is 24.3 Å². The number of benzene rings is 1. The van der Waals surface area contributed by atoms with Gasteiger partial charge in [0.1, 0.15) is 6.10 Å². The average molecular weight is 238 g/mol. The van der Waals surface area contributed by atoms with Gasteiger partial charge in [-0.1, -0.05) is 31.2 Å². The Balaban J connectivity index is 2.80. The quantitative estimate of drug-likeness (QED) is 0.757. The number of ether oxygens (including phenoxy) is 1. The number of rotatable bonds is 5. The molecule has 4 heteroatoms. The zero-order chi connectivity index (χ0) is 12.8. The number of aliphatic hydroxyl groups is 2. The number of aryl methyl sites for hydroxylation is 1. The Morgan fingerprint density at radius 1 is 1.35 bits per heavy atom. The second-order valence-electron chi connectivity index (χ2n) is 3.74. The maximum absolute atomic E-state index is 11.3. The van der Waals surface area contributed by atoms with E-state index in [4.69, 9.17) is 0 Å². The van der Waals surface area contributed by atoms with Crippen molar-refractivity contribution in [3.8, 4) is 0 Å². The molecule has 0 fully saturated rings. The Morgan fingerprint density at radius 2 is 2.06 bits per heavy atom. The Morgan fingerprint density at radius 3 is 2.65 bits per heavy atom. The van der Waals surface area contributed by atoms with Gasteiger partial charge in [-0.2, -0.15) is 0 Å². The average Bonchev–Trinajstić information content (AvgIpc) is 2.37. The predicted octanol–water partition coefficient (Wildman–Crippen LogP) is 1.21. The highest BCUT2D eigenvalue weighted by molar-refractivity contribution is 5.75. The molecule has 0 heterocycles. The molecule has 1 aromatic carbocycles. The Bertz CT molecular complexity index is 375. The van der Waals surface area contributed by atoms with Gasteiger partial charge in [0.2, 0.25) is 0 Å². The standard InChI is InChI=1S/C13H18O4/c1-3-9-6-5-7-10(8-9)11(14)12(15)13(16)17-4-2/h5-8,11-12,14-15H,3-4H2,1-2H3. The van der Waals surface area contributed by atoms with Crippen LogP contribution in [0, 0.1) is 0 Å². The van der Waals surface area contributed by atoms with Crippen LogP contribution >= 0.6 is 0 Å². The summed E-state index contributed by atoms with van der Waals surface area (Å²) in [6.45, 7) is 3.82. The molecule has 2 N–H and O–H groups in total. The van der Waals surface area contributed by atoms with Crippen molar-refractivity contribution in [2.24, 2.45) is 0 Å². The first-order valence-corrected chi connectivity index (χ1v) is 5.71. The van der Waals surface area contributed by atoms with Gasteiger partial charge in [0.05, 0.1) is 6.61 Å². The van der Waals surface area contributed by atoms with Crippen LogP contribution in [0.1, 0.15) is 31.1 Å². The first-order chi connectivity index (χ1) is 8.10. The van der Waals surface area contributed by atoms with Crippen molar-refractivity contribution in [2.45, 2.75) is 32.5 Å². The number of esters is 1. The van der Waals surface area contributed by atoms with Crippen LogP contribution in [0.4, 0.5) is 0 Å². The molecule has 0 aromatic heterocycles. The first kappa shape index (κ1) is 13.7. The van der Waals surface area contributed by atoms with E-state index in [-0.39, 0.29) is 6.61 Å². The highest BCUT2D eigenvalue weighted by atomic mass is 16.5. The molecular formula is C13H18O4. The molecule has 0 spiro atoms. The molecule has 4 nitrogen and oxygen atoms in total. The van der Waals surface area contributed by atoms with E-state index < -0.39 is 18.2 Å². The summed E-state index contributed by atoms with van der Waals surface area (Å²) in [6.07, 6.45) is -1.96. The van der Waals surface area contributed by atoms with Crippen LogP contribution in [0.5, 0.6) is 0 Å². The van der Waals surface area contributed by atoms with E-state index >= 15 is 0 Å². The van der Waals surface area contributed by atoms with Gasteiger partial charge in [0.25, 0.3) is 0 Å². The fraction of sp³-hybridized carbons (Fsp3) is 0.462. The van der Waals surface area contributed by atoms with Crippen molar-refractivity contribution in [3.63, 3.8) is 0 Å². The van der Waals surface area contributed by atoms with Crippen molar-refractivity contribution in [3.05, 3.63) is 35.4 Å². The maximum atomic E-state index is 11.3. The maximum Gasteiger partial charge on any atom is 0.338 e. The molecule has 17 heavy (non-hydrogen) atoms. The summed E-state index contributed by atoms with van der Waals surface area (Å²) < 4.78 is 4.65. The molecule has 0 saturated carbocycles. The van der Waals surface area contributed by atoms with Gasteiger partial charge in [0, 0.05) is 0 Å². The van der Waals surface area contributed by atoms with Gasteiger partial charge < -0.3 is 14.9 Å². The monoisotopic (exact) mass is 238 g/mol. The second kappa shape index (κ2) is 6.37. The molecule has 2 atom stereocenters. The zero-order valence-corrected chi connectivity index (χ0v) is 10.1. The Kier molecular flexibility index (Phi) is 5.12. The molecule has 0 aliphatic heterocycles. The highest BCUT2D eigenvalue weighted by Gasteiger charge is 2.26. The van der Waals surface area contributed by atoms with Crippen molar-refractivity contribution >= 4 is 5.97 Å². The molecule has 2 unspecified atom stereocenters. The second-order valence-corrected chi connectivity index (χ2v) is 3.74. The Labute approximate surface area is 101 Å². The van der Waals surface area contributed by atoms with E-state index in [9.17, 15) is 15.0 Å². The molecule has 94 valence electrons. The van der Waals surface area contributed by atoms with Crippen molar-refractivity contribution in [2.75, 3.05) is 6.61 Å². The summed E-state index contributed by atoms with van der Waals surface area (Å²) in [4.78, 5) is 11.3. The van der Waals surface area contributed by atoms with Crippen LogP contribution < -0.4 is 0 Å². The lowest BCUT2D eigenvalue weighted by molar-refractivity contribution is -0.159. The predicted molar refractivity (Wildman–Crippen MR) is 63.4 cm³/mol. The molecule has 0 bridgehead atoms. The fourth-order valence-corrected chi connectivity index (χ4v) is 1.54. The van der Waals surface area contributed by atoms with Gasteiger partial charge in [-0.25, -0.2) is 4.79 Å². The first-order valence-electron chi connectivity index (χ1n) is 5.71. The third-order valence-electron chi connectivity index (χ3n) is 2.53. The summed E-state index contributed by atoms with van der Waals surface area (Å²) >= 11 is 0. The molecular weight excluding hydrogens is 220 g/mol. The lowest BCUT2D eigenvalue weighted by Gasteiger charge is -2.17. The normalized spacial score (nSPS) is 14.1. The SMILES string of the molecule is CCOC(=O)C(O)C(O)c1cccc(CC)c1. The molecule has 0 aliphatic rings. The molecule has 1 rings (SSSR count). The number of hydrogen-bond acceptors (Lipinski definition) is 4. The van der Waals surface area contributed by atoms with Crippen molar-refractivity contribution < 1.29 is 19.7 Å². The summed E-state index contributed by atoms with van der Waals surface area (Å²) in [5.74, 6) is -0.804. The summed E-state index contributed by atoms with van der Waals surface area (Å²) in [5, 5.41) is 19.5. The van der Waals surface area contributed by atoms with Gasteiger partial charge in [-0.15, -0.1) is 0 Å². The molecule has 0 aliphatic carbocycles. The number of carbonyl (C=O) groups excluding carboxylic acids is 1. The molecule has 0 saturated heterocycles. The lowest BCUT2D eigenvalue weighted by atomic mass is 10.0. The molecule has 1 aromatic rings. The van der Waals surface area contributed by atoms with Crippen LogP contribution in [-0.2, 0) is 16.0 Å². The summed E-state index contributed by atoms with van der Waals surface area (Å²) in [6, 6.07) is 7.15. The fourth-order valence-electron chi connectivity index (χ4n) is 1.54. The topological polar surface area (TPSA) is 66.8 Å². The van der Waals surface area contributed by atoms with Crippen molar-refractivity contribution in [1.29, 1.82) is 0 Å². The smallest absolute Gasteiger partial charge is 0.338 e. The highest BCUT2D eigenvalue weighted by Crippen LogP contribution is 2.19. The van der Waals surface area contributed by atoms with Gasteiger partial charge >= 0.3 is 5.97 Å². The van der Waals surface area contributed by atoms with E-state index in [1.165, 1.54) is 0 Å². The minimum Gasteiger partial charge on any atom is -0.464 e. The molecule has 0 radical (unpaired) electrons. The van der Waals surface area contributed by atoms with Gasteiger partial charge in [-0.3, -0.25) is 0 Å².